The summed E-state index contributed by atoms with van der Waals surface area (Å²) in [6.07, 6.45) is -1.30. The van der Waals surface area contributed by atoms with Gasteiger partial charge in [0.2, 0.25) is 82.7 Å². The molecular formula is C68H117N27O21. The second-order valence-electron chi connectivity index (χ2n) is 28.8. The van der Waals surface area contributed by atoms with Crippen molar-refractivity contribution in [2.24, 2.45) is 71.6 Å². The number of rotatable bonds is 45. The molecule has 116 heavy (non-hydrogen) atoms. The Hall–Kier alpha value is -11.1. The summed E-state index contributed by atoms with van der Waals surface area (Å²) in [5.74, 6) is -14.9. The number of carboxylic acids is 1. The number of amides is 14. The van der Waals surface area contributed by atoms with Crippen LogP contribution >= 0.6 is 0 Å². The molecule has 5 fully saturated rings. The molecule has 33 N–H and O–H groups in total. The lowest BCUT2D eigenvalue weighted by molar-refractivity contribution is -0.148. The third-order valence-corrected chi connectivity index (χ3v) is 20.2. The van der Waals surface area contributed by atoms with E-state index in [0.29, 0.717) is 6.42 Å². The number of nitrogens with one attached hydrogen (secondary N) is 9. The van der Waals surface area contributed by atoms with Gasteiger partial charge in [0.05, 0.1) is 44.6 Å². The van der Waals surface area contributed by atoms with Crippen LogP contribution in [-0.4, -0.2) is 350 Å². The fourth-order valence-electron chi connectivity index (χ4n) is 14.1. The molecule has 0 bridgehead atoms. The first-order valence-corrected chi connectivity index (χ1v) is 38.6. The molecule has 48 heteroatoms. The van der Waals surface area contributed by atoms with Gasteiger partial charge in [0, 0.05) is 58.9 Å². The fourth-order valence-corrected chi connectivity index (χ4v) is 14.1. The molecule has 5 aliphatic heterocycles. The second-order valence-corrected chi connectivity index (χ2v) is 28.8. The van der Waals surface area contributed by atoms with Crippen molar-refractivity contribution >= 4 is 113 Å². The molecule has 0 aromatic rings. The van der Waals surface area contributed by atoms with E-state index >= 15 is 0 Å². The molecule has 5 saturated heterocycles. The summed E-state index contributed by atoms with van der Waals surface area (Å²) in [4.78, 5) is 228. The zero-order valence-corrected chi connectivity index (χ0v) is 65.2. The van der Waals surface area contributed by atoms with E-state index in [4.69, 9.17) is 51.6 Å². The third-order valence-electron chi connectivity index (χ3n) is 20.2. The number of hydrogen-bond donors (Lipinski definition) is 24. The first-order chi connectivity index (χ1) is 55.0. The molecule has 0 spiro atoms. The number of carboxylic acid groups (broad SMARTS) is 1. The summed E-state index contributed by atoms with van der Waals surface area (Å²) in [6, 6.07) is -20.3. The van der Waals surface area contributed by atoms with Crippen LogP contribution in [0.25, 0.3) is 0 Å². The highest BCUT2D eigenvalue weighted by Crippen LogP contribution is 2.26. The Labute approximate surface area is 668 Å². The number of aliphatic hydroxyl groups excluding tert-OH is 5. The largest absolute Gasteiger partial charge is 0.480 e. The normalized spacial score (nSPS) is 20.6. The highest BCUT2D eigenvalue weighted by Gasteiger charge is 2.47. The summed E-state index contributed by atoms with van der Waals surface area (Å²) < 4.78 is 0. The Morgan fingerprint density at radius 2 is 0.647 bits per heavy atom. The number of carbonyl (C=O) groups is 15. The minimum absolute atomic E-state index is 0.00144. The van der Waals surface area contributed by atoms with E-state index in [2.05, 4.69) is 67.8 Å². The average molecular weight is 1650 g/mol. The van der Waals surface area contributed by atoms with Gasteiger partial charge in [0.25, 0.3) is 0 Å². The van der Waals surface area contributed by atoms with Crippen LogP contribution in [0.5, 0.6) is 0 Å². The van der Waals surface area contributed by atoms with Crippen molar-refractivity contribution in [1.82, 2.24) is 72.4 Å². The van der Waals surface area contributed by atoms with E-state index in [-0.39, 0.29) is 192 Å². The van der Waals surface area contributed by atoms with Crippen molar-refractivity contribution in [3.8, 4) is 0 Å². The van der Waals surface area contributed by atoms with Crippen molar-refractivity contribution in [2.75, 3.05) is 85.3 Å². The minimum Gasteiger partial charge on any atom is -0.480 e. The summed E-state index contributed by atoms with van der Waals surface area (Å²) >= 11 is 0. The molecule has 16 atom stereocenters. The Balaban J connectivity index is 1.17. The zero-order valence-electron chi connectivity index (χ0n) is 65.2. The van der Waals surface area contributed by atoms with Crippen molar-refractivity contribution < 1.29 is 103 Å². The highest BCUT2D eigenvalue weighted by atomic mass is 16.4. The quantitative estimate of drug-likeness (QED) is 0.0153. The SMILES string of the molecule is C[C@@H](O)[C@H](NC(=O)[C@@H]1CCCN1C(=O)[C@H](CO)NC(=O)[C@@H]1CCCN1C(=O)[C@H](CO)NC(=O)[C@H](CCCN=C(N)N)NC(=O)[C@@H](N)CCCN=C(N)N)C(=O)N1CCC[C@H]1C(=O)N[C@H](C(=O)N1CCC[C@H]1C(=O)NCC(=O)N1CCC[C@H]1C(=O)N[C@@H](CO)C(=O)N[C@@H](CCCN=C(N)N)C(=O)N[C@@H](CCCN=C(N)N)C(=O)O)[C@@H](C)O. The lowest BCUT2D eigenvalue weighted by Crippen LogP contribution is -2.62. The van der Waals surface area contributed by atoms with Gasteiger partial charge in [-0.25, -0.2) is 4.79 Å². The van der Waals surface area contributed by atoms with E-state index < -0.39 is 212 Å². The number of nitrogens with zero attached hydrogens (tertiary/aromatic N) is 9. The van der Waals surface area contributed by atoms with E-state index in [1.165, 1.54) is 13.8 Å². The molecule has 650 valence electrons. The molecule has 0 aromatic heterocycles. The number of likely N-dealkylation sites (tertiary alicyclic amines) is 5. The maximum Gasteiger partial charge on any atom is 0.326 e. The Morgan fingerprint density at radius 1 is 0.362 bits per heavy atom. The maximum absolute atomic E-state index is 14.5. The summed E-state index contributed by atoms with van der Waals surface area (Å²) in [5.41, 5.74) is 49.2. The van der Waals surface area contributed by atoms with E-state index in [1.807, 2.05) is 0 Å². The van der Waals surface area contributed by atoms with Crippen LogP contribution in [0, 0.1) is 0 Å². The van der Waals surface area contributed by atoms with Crippen LogP contribution in [0.15, 0.2) is 20.0 Å². The molecule has 48 nitrogen and oxygen atoms in total. The van der Waals surface area contributed by atoms with Crippen molar-refractivity contribution in [2.45, 2.75) is 226 Å². The van der Waals surface area contributed by atoms with Gasteiger partial charge in [-0.2, -0.15) is 0 Å². The first kappa shape index (κ1) is 95.5. The Bertz CT molecular complexity index is 3570. The predicted molar refractivity (Wildman–Crippen MR) is 412 cm³/mol. The number of guanidine groups is 4. The van der Waals surface area contributed by atoms with Gasteiger partial charge in [-0.1, -0.05) is 0 Å². The molecular weight excluding hydrogens is 1530 g/mol. The molecule has 0 unspecified atom stereocenters. The van der Waals surface area contributed by atoms with E-state index in [0.717, 1.165) is 24.5 Å². The molecule has 5 heterocycles. The average Bonchev–Trinajstić information content (AvgIpc) is 1.63. The van der Waals surface area contributed by atoms with Gasteiger partial charge < -0.3 is 155 Å². The van der Waals surface area contributed by atoms with Crippen LogP contribution in [0.1, 0.15) is 129 Å². The molecule has 0 saturated carbocycles. The van der Waals surface area contributed by atoms with Gasteiger partial charge in [0.15, 0.2) is 23.8 Å². The van der Waals surface area contributed by atoms with Gasteiger partial charge in [0.1, 0.15) is 78.5 Å². The van der Waals surface area contributed by atoms with Gasteiger partial charge in [-0.3, -0.25) is 87.1 Å². The van der Waals surface area contributed by atoms with Crippen molar-refractivity contribution in [3.63, 3.8) is 0 Å². The number of hydrogen-bond acceptors (Lipinski definition) is 25. The number of carbonyl (C=O) groups excluding carboxylic acids is 14. The van der Waals surface area contributed by atoms with Crippen LogP contribution < -0.4 is 99.5 Å². The number of aliphatic hydroxyl groups is 5. The third kappa shape index (κ3) is 28.4. The minimum atomic E-state index is -1.75. The van der Waals surface area contributed by atoms with Crippen molar-refractivity contribution in [1.29, 1.82) is 0 Å². The Kier molecular flexibility index (Phi) is 38.7. The first-order valence-electron chi connectivity index (χ1n) is 38.6. The lowest BCUT2D eigenvalue weighted by Gasteiger charge is -2.34. The molecule has 0 radical (unpaired) electrons. The van der Waals surface area contributed by atoms with Crippen LogP contribution in [-0.2, 0) is 71.9 Å². The van der Waals surface area contributed by atoms with Gasteiger partial charge in [-0.05, 0) is 129 Å². The van der Waals surface area contributed by atoms with Gasteiger partial charge >= 0.3 is 5.97 Å². The molecule has 0 aliphatic carbocycles. The summed E-state index contributed by atoms with van der Waals surface area (Å²) in [6.45, 7) is -1.25. The predicted octanol–water partition coefficient (Wildman–Crippen LogP) is -13.7. The van der Waals surface area contributed by atoms with Crippen LogP contribution in [0.4, 0.5) is 0 Å². The second kappa shape index (κ2) is 47.1. The molecule has 5 rings (SSSR count). The smallest absolute Gasteiger partial charge is 0.326 e. The summed E-state index contributed by atoms with van der Waals surface area (Å²) in [5, 5.41) is 85.3. The monoisotopic (exact) mass is 1650 g/mol. The molecule has 14 amide bonds. The lowest BCUT2D eigenvalue weighted by atomic mass is 10.1. The molecule has 0 aromatic carbocycles. The van der Waals surface area contributed by atoms with Gasteiger partial charge in [-0.15, -0.1) is 0 Å². The summed E-state index contributed by atoms with van der Waals surface area (Å²) in [7, 11) is 0. The maximum atomic E-state index is 14.5. The van der Waals surface area contributed by atoms with Crippen LogP contribution in [0.3, 0.4) is 0 Å². The number of aliphatic carboxylic acids is 1. The highest BCUT2D eigenvalue weighted by molar-refractivity contribution is 6.01. The standard InChI is InChI=1S/C68H117N27O21/c1-34(99)49(62(113)94-28-8-16-43(94)55(106)82-30-48(101)91-25-7-17-44(91)56(107)86-40(31-96)54(105)84-38(14-5-23-80-67(74)75)52(103)85-39(64(115)116)15-6-24-81-68(76)77)90-59(110)47-20-11-29-95(47)63(114)50(35(2)100)89-58(109)46-19-10-27-93(46)61(112)42(33-98)88-57(108)45-18-9-26-92(45)60(111)41(32-97)87-53(104)37(13-4-22-79-66(72)73)83-51(102)36(69)12-3-21-78-65(70)71/h34-47,49-50,96-100H,3-33,69H2,1-2H3,(H,82,106)(H,83,102)(H,84,105)(H,85,103)(H,86,107)(H,87,104)(H,88,108)(H,89,109)(H,90,110)(H,115,116)(H4,70,71,78)(H4,72,73,79)(H4,74,75,80)(H4,76,77,81)/t34-,35-,36+,37+,38+,39+,40+,41+,42+,43+,44+,45+,46+,47+,49+,50+/m1/s1. The van der Waals surface area contributed by atoms with E-state index in [9.17, 15) is 103 Å². The van der Waals surface area contributed by atoms with Crippen molar-refractivity contribution in [3.05, 3.63) is 0 Å². The Morgan fingerprint density at radius 3 is 1.01 bits per heavy atom. The topological polar surface area (TPSA) is 786 Å². The van der Waals surface area contributed by atoms with E-state index in [1.54, 1.807) is 0 Å². The fraction of sp³-hybridized carbons (Fsp3) is 0.721. The number of aliphatic imine (C=N–C) groups is 4. The number of nitrogens with two attached hydrogens (primary N) is 9. The zero-order chi connectivity index (χ0) is 86.2. The van der Waals surface area contributed by atoms with Crippen LogP contribution in [0.2, 0.25) is 0 Å². The molecule has 5 aliphatic rings.